The summed E-state index contributed by atoms with van der Waals surface area (Å²) < 4.78 is 4.70. The maximum Gasteiger partial charge on any atom is 0.338 e. The molecule has 0 aromatic heterocycles. The van der Waals surface area contributed by atoms with E-state index in [-0.39, 0.29) is 0 Å². The summed E-state index contributed by atoms with van der Waals surface area (Å²) in [6.07, 6.45) is 0. The van der Waals surface area contributed by atoms with Crippen molar-refractivity contribution in [2.75, 3.05) is 7.11 Å². The minimum Gasteiger partial charge on any atom is -0.491 e. The monoisotopic (exact) mass is 243 g/mol. The number of ether oxygens (including phenoxy) is 1. The molecule has 0 aliphatic carbocycles. The molecule has 0 saturated heterocycles. The van der Waals surface area contributed by atoms with Crippen LogP contribution in [-0.4, -0.2) is 52.2 Å². The third-order valence-electron chi connectivity index (χ3n) is 2.45. The van der Waals surface area contributed by atoms with Gasteiger partial charge in [0.2, 0.25) is 0 Å². The fraction of sp³-hybridized carbons (Fsp3) is 0.500. The lowest BCUT2D eigenvalue weighted by Gasteiger charge is -2.26. The van der Waals surface area contributed by atoms with Gasteiger partial charge in [-0.3, -0.25) is 4.79 Å². The highest BCUT2D eigenvalue weighted by atomic mass is 16.5. The van der Waals surface area contributed by atoms with Crippen LogP contribution in [0.2, 0.25) is 0 Å². The van der Waals surface area contributed by atoms with E-state index in [4.69, 9.17) is 14.9 Å². The standard InChI is InChI=1S/C10H13NO6/c1-4(2)11-6(10(15)16)5(9(13)14)7(17-3)8(11)12/h4,6H,1-3H3,(H,13,14)(H,15,16). The number of nitrogens with zero attached hydrogens (tertiary/aromatic N) is 1. The minimum atomic E-state index is -1.50. The summed E-state index contributed by atoms with van der Waals surface area (Å²) in [5, 5.41) is 18.0. The number of carboxylic acid groups (broad SMARTS) is 2. The van der Waals surface area contributed by atoms with Gasteiger partial charge in [-0.25, -0.2) is 9.59 Å². The fourth-order valence-corrected chi connectivity index (χ4v) is 1.80. The van der Waals surface area contributed by atoms with Gasteiger partial charge in [-0.2, -0.15) is 0 Å². The number of hydrogen-bond acceptors (Lipinski definition) is 4. The molecule has 1 amide bonds. The second kappa shape index (κ2) is 4.44. The quantitative estimate of drug-likeness (QED) is 0.701. The predicted molar refractivity (Wildman–Crippen MR) is 55.1 cm³/mol. The van der Waals surface area contributed by atoms with Crippen molar-refractivity contribution in [2.45, 2.75) is 25.9 Å². The number of carbonyl (C=O) groups is 3. The van der Waals surface area contributed by atoms with Gasteiger partial charge < -0.3 is 19.8 Å². The molecule has 1 heterocycles. The van der Waals surface area contributed by atoms with Gasteiger partial charge >= 0.3 is 11.9 Å². The Morgan fingerprint density at radius 1 is 1.35 bits per heavy atom. The van der Waals surface area contributed by atoms with E-state index in [2.05, 4.69) is 0 Å². The highest BCUT2D eigenvalue weighted by Gasteiger charge is 2.48. The molecule has 7 nitrogen and oxygen atoms in total. The average molecular weight is 243 g/mol. The van der Waals surface area contributed by atoms with Crippen LogP contribution in [0.25, 0.3) is 0 Å². The summed E-state index contributed by atoms with van der Waals surface area (Å²) in [5.41, 5.74) is -0.529. The molecule has 0 aromatic carbocycles. The van der Waals surface area contributed by atoms with E-state index >= 15 is 0 Å². The number of carboxylic acids is 2. The third-order valence-corrected chi connectivity index (χ3v) is 2.45. The molecule has 0 spiro atoms. The molecule has 1 atom stereocenters. The predicted octanol–water partition coefficient (Wildman–Crippen LogP) is -0.325. The zero-order valence-electron chi connectivity index (χ0n) is 9.63. The Labute approximate surface area is 97.3 Å². The third kappa shape index (κ3) is 1.95. The van der Waals surface area contributed by atoms with Crippen molar-refractivity contribution in [1.29, 1.82) is 0 Å². The molecule has 0 fully saturated rings. The van der Waals surface area contributed by atoms with Crippen LogP contribution in [0.4, 0.5) is 0 Å². The first-order chi connectivity index (χ1) is 7.82. The van der Waals surface area contributed by atoms with Crippen LogP contribution in [-0.2, 0) is 19.1 Å². The van der Waals surface area contributed by atoms with E-state index in [0.717, 1.165) is 12.0 Å². The first-order valence-electron chi connectivity index (χ1n) is 4.89. The summed E-state index contributed by atoms with van der Waals surface area (Å²) in [4.78, 5) is 34.9. The van der Waals surface area contributed by atoms with Crippen molar-refractivity contribution >= 4 is 17.8 Å². The largest absolute Gasteiger partial charge is 0.491 e. The highest BCUT2D eigenvalue weighted by molar-refractivity contribution is 6.11. The molecular weight excluding hydrogens is 230 g/mol. The molecule has 1 rings (SSSR count). The number of methoxy groups -OCH3 is 1. The smallest absolute Gasteiger partial charge is 0.338 e. The van der Waals surface area contributed by atoms with Crippen molar-refractivity contribution in [3.63, 3.8) is 0 Å². The van der Waals surface area contributed by atoms with Gasteiger partial charge in [-0.1, -0.05) is 0 Å². The van der Waals surface area contributed by atoms with Crippen molar-refractivity contribution in [2.24, 2.45) is 0 Å². The Hall–Kier alpha value is -2.05. The Kier molecular flexibility index (Phi) is 3.40. The van der Waals surface area contributed by atoms with E-state index in [1.165, 1.54) is 0 Å². The Balaban J connectivity index is 3.36. The lowest BCUT2D eigenvalue weighted by molar-refractivity contribution is -0.148. The Morgan fingerprint density at radius 3 is 2.18 bits per heavy atom. The summed E-state index contributed by atoms with van der Waals surface area (Å²) in [6, 6.07) is -1.94. The molecule has 1 unspecified atom stereocenters. The van der Waals surface area contributed by atoms with Crippen LogP contribution >= 0.6 is 0 Å². The first-order valence-corrected chi connectivity index (χ1v) is 4.89. The van der Waals surface area contributed by atoms with Crippen LogP contribution < -0.4 is 0 Å². The van der Waals surface area contributed by atoms with Gasteiger partial charge in [0.15, 0.2) is 11.8 Å². The molecule has 2 N–H and O–H groups in total. The molecule has 0 saturated carbocycles. The SMILES string of the molecule is COC1=C(C(=O)O)C(C(=O)O)N(C(C)C)C1=O. The lowest BCUT2D eigenvalue weighted by Crippen LogP contribution is -2.46. The van der Waals surface area contributed by atoms with E-state index in [9.17, 15) is 14.4 Å². The van der Waals surface area contributed by atoms with Crippen LogP contribution in [0.1, 0.15) is 13.8 Å². The van der Waals surface area contributed by atoms with E-state index in [1.807, 2.05) is 0 Å². The van der Waals surface area contributed by atoms with Crippen molar-refractivity contribution < 1.29 is 29.3 Å². The fourth-order valence-electron chi connectivity index (χ4n) is 1.80. The van der Waals surface area contributed by atoms with E-state index < -0.39 is 41.3 Å². The van der Waals surface area contributed by atoms with Gasteiger partial charge in [-0.15, -0.1) is 0 Å². The van der Waals surface area contributed by atoms with Crippen LogP contribution in [0, 0.1) is 0 Å². The highest BCUT2D eigenvalue weighted by Crippen LogP contribution is 2.28. The van der Waals surface area contributed by atoms with Crippen LogP contribution in [0.15, 0.2) is 11.3 Å². The summed E-state index contributed by atoms with van der Waals surface area (Å²) >= 11 is 0. The summed E-state index contributed by atoms with van der Waals surface area (Å²) in [5.74, 6) is -3.99. The molecule has 94 valence electrons. The molecule has 7 heteroatoms. The average Bonchev–Trinajstić information content (AvgIpc) is 2.50. The molecule has 1 aliphatic rings. The molecule has 1 aliphatic heterocycles. The zero-order chi connectivity index (χ0) is 13.3. The summed E-state index contributed by atoms with van der Waals surface area (Å²) in [6.45, 7) is 3.21. The van der Waals surface area contributed by atoms with Gasteiger partial charge in [-0.05, 0) is 13.8 Å². The Bertz CT molecular complexity index is 411. The molecule has 0 radical (unpaired) electrons. The number of rotatable bonds is 4. The van der Waals surface area contributed by atoms with E-state index in [0.29, 0.717) is 0 Å². The normalized spacial score (nSPS) is 20.1. The maximum atomic E-state index is 11.8. The van der Waals surface area contributed by atoms with E-state index in [1.54, 1.807) is 13.8 Å². The minimum absolute atomic E-state index is 0.418. The van der Waals surface area contributed by atoms with Gasteiger partial charge in [0.05, 0.1) is 7.11 Å². The molecule has 17 heavy (non-hydrogen) atoms. The zero-order valence-corrected chi connectivity index (χ0v) is 9.63. The van der Waals surface area contributed by atoms with Crippen molar-refractivity contribution in [1.82, 2.24) is 4.90 Å². The van der Waals surface area contributed by atoms with Gasteiger partial charge in [0, 0.05) is 6.04 Å². The van der Waals surface area contributed by atoms with Gasteiger partial charge in [0.1, 0.15) is 5.57 Å². The second-order valence-corrected chi connectivity index (χ2v) is 3.80. The number of aliphatic carboxylic acids is 2. The second-order valence-electron chi connectivity index (χ2n) is 3.80. The lowest BCUT2D eigenvalue weighted by atomic mass is 10.1. The summed E-state index contributed by atoms with van der Waals surface area (Å²) in [7, 11) is 1.14. The molecule has 0 aromatic rings. The first kappa shape index (κ1) is 13.0. The maximum absolute atomic E-state index is 11.8. The number of carbonyl (C=O) groups excluding carboxylic acids is 1. The topological polar surface area (TPSA) is 104 Å². The number of hydrogen-bond donors (Lipinski definition) is 2. The van der Waals surface area contributed by atoms with Crippen molar-refractivity contribution in [3.05, 3.63) is 11.3 Å². The Morgan fingerprint density at radius 2 is 1.88 bits per heavy atom. The van der Waals surface area contributed by atoms with Gasteiger partial charge in [0.25, 0.3) is 5.91 Å². The van der Waals surface area contributed by atoms with Crippen molar-refractivity contribution in [3.8, 4) is 0 Å². The molecule has 0 bridgehead atoms. The number of amides is 1. The van der Waals surface area contributed by atoms with Crippen LogP contribution in [0.5, 0.6) is 0 Å². The van der Waals surface area contributed by atoms with Crippen LogP contribution in [0.3, 0.4) is 0 Å². The molecular formula is C10H13NO6.